The van der Waals surface area contributed by atoms with Gasteiger partial charge in [-0.3, -0.25) is 15.2 Å². The van der Waals surface area contributed by atoms with E-state index in [1.165, 1.54) is 5.06 Å². The number of nitrogens with zero attached hydrogens (tertiary/aromatic N) is 3. The summed E-state index contributed by atoms with van der Waals surface area (Å²) in [6, 6.07) is 5.58. The lowest BCUT2D eigenvalue weighted by Crippen LogP contribution is -2.51. The Labute approximate surface area is 95.6 Å². The summed E-state index contributed by atoms with van der Waals surface area (Å²) >= 11 is 0. The Morgan fingerprint density at radius 2 is 1.88 bits per heavy atom. The first-order chi connectivity index (χ1) is 7.36. The van der Waals surface area contributed by atoms with Crippen LogP contribution in [0.15, 0.2) is 29.4 Å². The number of pyridine rings is 1. The van der Waals surface area contributed by atoms with Gasteiger partial charge in [0.2, 0.25) is 0 Å². The Balaban J connectivity index is 2.46. The van der Waals surface area contributed by atoms with Gasteiger partial charge in [-0.25, -0.2) is 5.06 Å². The molecule has 0 aliphatic carbocycles. The normalized spacial score (nSPS) is 22.1. The highest BCUT2D eigenvalue weighted by Crippen LogP contribution is 2.37. The molecule has 16 heavy (non-hydrogen) atoms. The maximum absolute atomic E-state index is 10.2. The van der Waals surface area contributed by atoms with Gasteiger partial charge in [0.1, 0.15) is 5.69 Å². The predicted octanol–water partition coefficient (Wildman–Crippen LogP) is 2.09. The van der Waals surface area contributed by atoms with Crippen molar-refractivity contribution >= 4 is 5.84 Å². The van der Waals surface area contributed by atoms with E-state index < -0.39 is 5.54 Å². The molecule has 2 heterocycles. The summed E-state index contributed by atoms with van der Waals surface area (Å²) < 4.78 is 0. The molecule has 1 aromatic rings. The average molecular weight is 219 g/mol. The maximum atomic E-state index is 10.2. The summed E-state index contributed by atoms with van der Waals surface area (Å²) in [4.78, 5) is 8.76. The maximum Gasteiger partial charge on any atom is 0.175 e. The molecule has 1 aromatic heterocycles. The van der Waals surface area contributed by atoms with E-state index in [2.05, 4.69) is 9.98 Å². The van der Waals surface area contributed by atoms with Gasteiger partial charge in [-0.15, -0.1) is 0 Å². The van der Waals surface area contributed by atoms with Gasteiger partial charge in [0.15, 0.2) is 5.84 Å². The lowest BCUT2D eigenvalue weighted by molar-refractivity contribution is -0.0993. The highest BCUT2D eigenvalue weighted by molar-refractivity contribution is 5.98. The summed E-state index contributed by atoms with van der Waals surface area (Å²) in [5.41, 5.74) is -0.0716. The van der Waals surface area contributed by atoms with Crippen molar-refractivity contribution < 1.29 is 5.21 Å². The molecule has 0 amide bonds. The number of aliphatic imine (C=N–C) groups is 1. The topological polar surface area (TPSA) is 48.7 Å². The molecule has 0 atom stereocenters. The highest BCUT2D eigenvalue weighted by atomic mass is 16.5. The van der Waals surface area contributed by atoms with Crippen molar-refractivity contribution in [2.75, 3.05) is 0 Å². The molecule has 4 nitrogen and oxygen atoms in total. The van der Waals surface area contributed by atoms with Crippen molar-refractivity contribution in [3.8, 4) is 0 Å². The summed E-state index contributed by atoms with van der Waals surface area (Å²) in [5, 5.41) is 11.4. The zero-order chi connectivity index (χ0) is 12.0. The van der Waals surface area contributed by atoms with Gasteiger partial charge in [-0.1, -0.05) is 6.07 Å². The van der Waals surface area contributed by atoms with E-state index in [4.69, 9.17) is 0 Å². The molecule has 1 aliphatic heterocycles. The van der Waals surface area contributed by atoms with Crippen molar-refractivity contribution in [2.45, 2.75) is 38.8 Å². The minimum atomic E-state index is -0.431. The van der Waals surface area contributed by atoms with Crippen LogP contribution in [0.5, 0.6) is 0 Å². The van der Waals surface area contributed by atoms with Crippen LogP contribution in [0.3, 0.4) is 0 Å². The van der Waals surface area contributed by atoms with Crippen LogP contribution in [0, 0.1) is 0 Å². The Bertz CT molecular complexity index is 423. The fraction of sp³-hybridized carbons (Fsp3) is 0.500. The van der Waals surface area contributed by atoms with E-state index in [1.54, 1.807) is 6.20 Å². The van der Waals surface area contributed by atoms with Crippen LogP contribution in [0.4, 0.5) is 0 Å². The Morgan fingerprint density at radius 3 is 2.31 bits per heavy atom. The van der Waals surface area contributed by atoms with E-state index in [-0.39, 0.29) is 5.54 Å². The quantitative estimate of drug-likeness (QED) is 0.786. The second-order valence-electron chi connectivity index (χ2n) is 5.08. The molecule has 2 rings (SSSR count). The smallest absolute Gasteiger partial charge is 0.175 e. The largest absolute Gasteiger partial charge is 0.286 e. The van der Waals surface area contributed by atoms with Crippen LogP contribution in [0.2, 0.25) is 0 Å². The minimum absolute atomic E-state index is 0.339. The second-order valence-corrected chi connectivity index (χ2v) is 5.08. The third-order valence-corrected chi connectivity index (χ3v) is 3.51. The second kappa shape index (κ2) is 3.28. The molecule has 0 unspecified atom stereocenters. The van der Waals surface area contributed by atoms with Crippen LogP contribution >= 0.6 is 0 Å². The third-order valence-electron chi connectivity index (χ3n) is 3.51. The molecule has 1 aliphatic rings. The molecular weight excluding hydrogens is 202 g/mol. The number of hydroxylamine groups is 2. The number of amidine groups is 1. The van der Waals surface area contributed by atoms with Gasteiger partial charge < -0.3 is 0 Å². The number of aromatic nitrogens is 1. The molecule has 4 heteroatoms. The van der Waals surface area contributed by atoms with E-state index in [0.717, 1.165) is 0 Å². The molecule has 0 aromatic carbocycles. The van der Waals surface area contributed by atoms with Crippen LogP contribution in [-0.4, -0.2) is 32.2 Å². The lowest BCUT2D eigenvalue weighted by Gasteiger charge is -2.36. The molecule has 0 saturated heterocycles. The average Bonchev–Trinajstić information content (AvgIpc) is 2.40. The molecule has 1 N–H and O–H groups in total. The van der Waals surface area contributed by atoms with Gasteiger partial charge in [-0.2, -0.15) is 0 Å². The first kappa shape index (κ1) is 11.1. The molecule has 0 bridgehead atoms. The molecule has 0 fully saturated rings. The Morgan fingerprint density at radius 1 is 1.19 bits per heavy atom. The van der Waals surface area contributed by atoms with E-state index in [9.17, 15) is 5.21 Å². The summed E-state index contributed by atoms with van der Waals surface area (Å²) in [7, 11) is 0. The Kier molecular flexibility index (Phi) is 2.27. The van der Waals surface area contributed by atoms with Crippen LogP contribution in [-0.2, 0) is 0 Å². The zero-order valence-corrected chi connectivity index (χ0v) is 10.1. The number of hydrogen-bond acceptors (Lipinski definition) is 4. The van der Waals surface area contributed by atoms with Crippen molar-refractivity contribution in [3.63, 3.8) is 0 Å². The molecular formula is C12H17N3O. The zero-order valence-electron chi connectivity index (χ0n) is 10.1. The molecule has 0 saturated carbocycles. The standard InChI is InChI=1S/C12H17N3O/c1-11(2)12(3,4)15(16)10(14-11)9-7-5-6-8-13-9/h5-8,16H,1-4H3. The van der Waals surface area contributed by atoms with Crippen molar-refractivity contribution in [2.24, 2.45) is 4.99 Å². The SMILES string of the molecule is CC1(C)N=C(c2ccccn2)N(O)C1(C)C. The Hall–Kier alpha value is -1.42. The first-order valence-corrected chi connectivity index (χ1v) is 5.36. The van der Waals surface area contributed by atoms with E-state index in [1.807, 2.05) is 45.9 Å². The van der Waals surface area contributed by atoms with Crippen molar-refractivity contribution in [1.29, 1.82) is 0 Å². The van der Waals surface area contributed by atoms with Crippen LogP contribution in [0.1, 0.15) is 33.4 Å². The molecule has 0 spiro atoms. The van der Waals surface area contributed by atoms with E-state index >= 15 is 0 Å². The first-order valence-electron chi connectivity index (χ1n) is 5.36. The van der Waals surface area contributed by atoms with Gasteiger partial charge in [0.25, 0.3) is 0 Å². The van der Waals surface area contributed by atoms with E-state index in [0.29, 0.717) is 11.5 Å². The molecule has 86 valence electrons. The van der Waals surface area contributed by atoms with Gasteiger partial charge in [-0.05, 0) is 39.8 Å². The fourth-order valence-corrected chi connectivity index (χ4v) is 1.63. The lowest BCUT2D eigenvalue weighted by atomic mass is 9.84. The predicted molar refractivity (Wildman–Crippen MR) is 62.6 cm³/mol. The highest BCUT2D eigenvalue weighted by Gasteiger charge is 2.49. The monoisotopic (exact) mass is 219 g/mol. The van der Waals surface area contributed by atoms with Crippen LogP contribution < -0.4 is 0 Å². The van der Waals surface area contributed by atoms with Crippen molar-refractivity contribution in [3.05, 3.63) is 30.1 Å². The summed E-state index contributed by atoms with van der Waals surface area (Å²) in [6.07, 6.45) is 1.70. The summed E-state index contributed by atoms with van der Waals surface area (Å²) in [6.45, 7) is 7.94. The fourth-order valence-electron chi connectivity index (χ4n) is 1.63. The number of rotatable bonds is 1. The van der Waals surface area contributed by atoms with Gasteiger partial charge in [0, 0.05) is 6.20 Å². The van der Waals surface area contributed by atoms with Gasteiger partial charge >= 0.3 is 0 Å². The number of hydrogen-bond donors (Lipinski definition) is 1. The third kappa shape index (κ3) is 1.41. The molecule has 0 radical (unpaired) electrons. The minimum Gasteiger partial charge on any atom is -0.286 e. The van der Waals surface area contributed by atoms with Gasteiger partial charge in [0.05, 0.1) is 11.1 Å². The van der Waals surface area contributed by atoms with Crippen LogP contribution in [0.25, 0.3) is 0 Å². The van der Waals surface area contributed by atoms with Crippen molar-refractivity contribution in [1.82, 2.24) is 10.0 Å². The summed E-state index contributed by atoms with van der Waals surface area (Å²) in [5.74, 6) is 0.538.